The monoisotopic (exact) mass is 448 g/mol. The number of nitrogens with zero attached hydrogens (tertiary/aromatic N) is 3. The highest BCUT2D eigenvalue weighted by Gasteiger charge is 2.47. The highest BCUT2D eigenvalue weighted by molar-refractivity contribution is 5.90. The van der Waals surface area contributed by atoms with Gasteiger partial charge in [0, 0.05) is 5.56 Å². The van der Waals surface area contributed by atoms with E-state index in [9.17, 15) is 9.59 Å². The average molecular weight is 449 g/mol. The molecule has 0 spiro atoms. The van der Waals surface area contributed by atoms with E-state index in [0.29, 0.717) is 11.7 Å². The number of rotatable bonds is 6. The van der Waals surface area contributed by atoms with E-state index in [1.165, 1.54) is 0 Å². The van der Waals surface area contributed by atoms with Crippen LogP contribution < -0.4 is 0 Å². The van der Waals surface area contributed by atoms with Crippen LogP contribution in [-0.2, 0) is 19.1 Å². The van der Waals surface area contributed by atoms with Crippen LogP contribution >= 0.6 is 0 Å². The van der Waals surface area contributed by atoms with Gasteiger partial charge in [0.2, 0.25) is 5.92 Å². The van der Waals surface area contributed by atoms with Crippen molar-refractivity contribution in [1.29, 1.82) is 0 Å². The summed E-state index contributed by atoms with van der Waals surface area (Å²) < 4.78 is 10.5. The molecule has 1 aromatic heterocycles. The van der Waals surface area contributed by atoms with Crippen LogP contribution in [0.1, 0.15) is 50.9 Å². The van der Waals surface area contributed by atoms with Crippen molar-refractivity contribution in [2.24, 2.45) is 17.8 Å². The van der Waals surface area contributed by atoms with E-state index in [-0.39, 0.29) is 23.8 Å². The molecule has 0 aliphatic heterocycles. The number of carbonyl (C=O) groups excluding carboxylic acids is 2. The van der Waals surface area contributed by atoms with Crippen molar-refractivity contribution in [2.75, 3.05) is 0 Å². The summed E-state index contributed by atoms with van der Waals surface area (Å²) >= 11 is 0. The van der Waals surface area contributed by atoms with Crippen LogP contribution in [0.2, 0.25) is 0 Å². The zero-order chi connectivity index (χ0) is 24.1. The van der Waals surface area contributed by atoms with Gasteiger partial charge in [-0.2, -0.15) is 5.10 Å². The van der Waals surface area contributed by atoms with Crippen LogP contribution in [-0.4, -0.2) is 39.3 Å². The van der Waals surface area contributed by atoms with Gasteiger partial charge in [0.15, 0.2) is 5.82 Å². The molecule has 0 bridgehead atoms. The number of H-pyrrole nitrogens is 1. The number of benzene rings is 1. The standard InChI is InChI=1S/C25H28N4O4/c1-7-32-25(31)20(26-6)19(24(30)33-21-16(4)12-15(3)13-17(21)5)23-27-22(28-29-23)18-10-8-14(2)9-11-18/h1,8-11,15-17,19-21H,12-13H2,2-5H3,(H,27,28,29). The molecule has 1 aromatic carbocycles. The Balaban J connectivity index is 1.94. The molecule has 172 valence electrons. The number of hydrogen-bond donors (Lipinski definition) is 1. The summed E-state index contributed by atoms with van der Waals surface area (Å²) in [7, 11) is 0. The molecule has 8 nitrogen and oxygen atoms in total. The fourth-order valence-corrected chi connectivity index (χ4v) is 4.65. The summed E-state index contributed by atoms with van der Waals surface area (Å²) in [5.41, 5.74) is 1.80. The lowest BCUT2D eigenvalue weighted by molar-refractivity contribution is -0.162. The average Bonchev–Trinajstić information content (AvgIpc) is 3.24. The van der Waals surface area contributed by atoms with E-state index in [4.69, 9.17) is 17.7 Å². The Morgan fingerprint density at radius 3 is 2.39 bits per heavy atom. The van der Waals surface area contributed by atoms with Gasteiger partial charge in [0.05, 0.1) is 0 Å². The normalized spacial score (nSPS) is 24.1. The predicted molar refractivity (Wildman–Crippen MR) is 121 cm³/mol. The molecule has 1 N–H and O–H groups in total. The number of aromatic amines is 1. The largest absolute Gasteiger partial charge is 0.461 e. The van der Waals surface area contributed by atoms with Crippen LogP contribution in [0, 0.1) is 43.8 Å². The highest BCUT2D eigenvalue weighted by Crippen LogP contribution is 2.36. The quantitative estimate of drug-likeness (QED) is 0.409. The Bertz CT molecular complexity index is 1070. The third-order valence-corrected chi connectivity index (χ3v) is 6.14. The minimum atomic E-state index is -1.56. The third-order valence-electron chi connectivity index (χ3n) is 6.14. The van der Waals surface area contributed by atoms with E-state index >= 15 is 0 Å². The summed E-state index contributed by atoms with van der Waals surface area (Å²) in [4.78, 5) is 33.5. The molecule has 1 heterocycles. The summed E-state index contributed by atoms with van der Waals surface area (Å²) in [5.74, 6) is -1.87. The number of carbonyl (C=O) groups is 2. The van der Waals surface area contributed by atoms with Crippen LogP contribution in [0.15, 0.2) is 24.3 Å². The Kier molecular flexibility index (Phi) is 7.50. The molecule has 1 fully saturated rings. The fraction of sp³-hybridized carbons (Fsp3) is 0.480. The van der Waals surface area contributed by atoms with E-state index < -0.39 is 23.9 Å². The molecule has 4 unspecified atom stereocenters. The lowest BCUT2D eigenvalue weighted by Crippen LogP contribution is -2.41. The Morgan fingerprint density at radius 2 is 1.82 bits per heavy atom. The zero-order valence-corrected chi connectivity index (χ0v) is 19.2. The molecule has 3 rings (SSSR count). The minimum absolute atomic E-state index is 0.0510. The number of aromatic nitrogens is 3. The molecular formula is C25H28N4O4. The Hall–Kier alpha value is -3.65. The smallest absolute Gasteiger partial charge is 0.405 e. The number of terminal acetylenes is 1. The van der Waals surface area contributed by atoms with Crippen molar-refractivity contribution in [2.45, 2.75) is 58.6 Å². The first-order valence-electron chi connectivity index (χ1n) is 11.0. The molecular weight excluding hydrogens is 420 g/mol. The molecule has 1 aliphatic rings. The van der Waals surface area contributed by atoms with Crippen molar-refractivity contribution >= 4 is 11.9 Å². The first kappa shape index (κ1) is 24.0. The van der Waals surface area contributed by atoms with Gasteiger partial charge in [0.1, 0.15) is 18.0 Å². The lowest BCUT2D eigenvalue weighted by Gasteiger charge is -2.37. The second kappa shape index (κ2) is 10.3. The van der Waals surface area contributed by atoms with Crippen LogP contribution in [0.4, 0.5) is 0 Å². The second-order valence-electron chi connectivity index (χ2n) is 8.93. The maximum atomic E-state index is 13.4. The highest BCUT2D eigenvalue weighted by atomic mass is 16.5. The second-order valence-corrected chi connectivity index (χ2v) is 8.93. The van der Waals surface area contributed by atoms with Gasteiger partial charge in [-0.05, 0) is 37.5 Å². The molecule has 8 heteroatoms. The maximum absolute atomic E-state index is 13.4. The lowest BCUT2D eigenvalue weighted by atomic mass is 9.75. The molecule has 4 atom stereocenters. The van der Waals surface area contributed by atoms with Crippen molar-refractivity contribution in [1.82, 2.24) is 15.2 Å². The first-order chi connectivity index (χ1) is 15.7. The molecule has 1 saturated carbocycles. The first-order valence-corrected chi connectivity index (χ1v) is 11.0. The topological polar surface area (TPSA) is 98.5 Å². The van der Waals surface area contributed by atoms with Crippen molar-refractivity contribution in [3.8, 4) is 23.9 Å². The molecule has 0 amide bonds. The number of esters is 2. The van der Waals surface area contributed by atoms with Gasteiger partial charge in [-0.3, -0.25) is 14.7 Å². The van der Waals surface area contributed by atoms with Gasteiger partial charge in [-0.1, -0.05) is 57.0 Å². The number of ether oxygens (including phenoxy) is 2. The van der Waals surface area contributed by atoms with Gasteiger partial charge in [-0.15, -0.1) is 0 Å². The Labute approximate surface area is 193 Å². The summed E-state index contributed by atoms with van der Waals surface area (Å²) in [6.45, 7) is 15.8. The predicted octanol–water partition coefficient (Wildman–Crippen LogP) is 3.90. The maximum Gasteiger partial charge on any atom is 0.405 e. The number of nitrogens with one attached hydrogen (secondary N) is 1. The molecule has 0 saturated heterocycles. The van der Waals surface area contributed by atoms with Crippen LogP contribution in [0.25, 0.3) is 16.2 Å². The van der Waals surface area contributed by atoms with Crippen LogP contribution in [0.3, 0.4) is 0 Å². The molecule has 0 radical (unpaired) electrons. The van der Waals surface area contributed by atoms with Crippen molar-refractivity contribution < 1.29 is 19.1 Å². The van der Waals surface area contributed by atoms with E-state index in [2.05, 4.69) is 31.7 Å². The van der Waals surface area contributed by atoms with E-state index in [0.717, 1.165) is 24.0 Å². The van der Waals surface area contributed by atoms with Gasteiger partial charge < -0.3 is 9.47 Å². The number of hydrogen-bond acceptors (Lipinski definition) is 6. The van der Waals surface area contributed by atoms with Crippen LogP contribution in [0.5, 0.6) is 0 Å². The van der Waals surface area contributed by atoms with Gasteiger partial charge >= 0.3 is 18.0 Å². The summed E-state index contributed by atoms with van der Waals surface area (Å²) in [6.07, 6.45) is 8.38. The van der Waals surface area contributed by atoms with E-state index in [1.54, 1.807) is 6.11 Å². The van der Waals surface area contributed by atoms with Gasteiger partial charge in [0.25, 0.3) is 0 Å². The fourth-order valence-electron chi connectivity index (χ4n) is 4.65. The van der Waals surface area contributed by atoms with Crippen molar-refractivity contribution in [3.05, 3.63) is 47.1 Å². The number of aryl methyl sites for hydroxylation is 1. The minimum Gasteiger partial charge on any atom is -0.461 e. The summed E-state index contributed by atoms with van der Waals surface area (Å²) in [5, 5.41) is 6.90. The molecule has 1 aliphatic carbocycles. The third kappa shape index (κ3) is 5.40. The van der Waals surface area contributed by atoms with Crippen molar-refractivity contribution in [3.63, 3.8) is 0 Å². The van der Waals surface area contributed by atoms with Gasteiger partial charge in [-0.25, -0.2) is 16.4 Å². The molecule has 2 aromatic rings. The Morgan fingerprint density at radius 1 is 1.18 bits per heavy atom. The SMILES string of the molecule is [C-]#[N+]C(C(=O)OC#C)C(C(=O)OC1C(C)CC(C)CC1C)c1nc(-c2ccc(C)cc2)n[nH]1. The zero-order valence-electron chi connectivity index (χ0n) is 19.2. The molecule has 33 heavy (non-hydrogen) atoms. The summed E-state index contributed by atoms with van der Waals surface area (Å²) in [6, 6.07) is 5.97. The van der Waals surface area contributed by atoms with E-state index in [1.807, 2.05) is 45.0 Å².